The quantitative estimate of drug-likeness (QED) is 0.815. The van der Waals surface area contributed by atoms with E-state index in [9.17, 15) is 9.59 Å². The van der Waals surface area contributed by atoms with Gasteiger partial charge in [-0.2, -0.15) is 0 Å². The third-order valence-electron chi connectivity index (χ3n) is 4.50. The number of anilines is 1. The molecule has 142 valence electrons. The highest BCUT2D eigenvalue weighted by molar-refractivity contribution is 8.13. The fourth-order valence-electron chi connectivity index (χ4n) is 3.23. The van der Waals surface area contributed by atoms with E-state index in [-0.39, 0.29) is 23.4 Å². The van der Waals surface area contributed by atoms with Crippen LogP contribution in [0, 0.1) is 0 Å². The second-order valence-corrected chi connectivity index (χ2v) is 7.86. The Kier molecular flexibility index (Phi) is 6.37. The summed E-state index contributed by atoms with van der Waals surface area (Å²) in [6.07, 6.45) is 2.53. The monoisotopic (exact) mass is 378 g/mol. The van der Waals surface area contributed by atoms with Crippen LogP contribution in [0.2, 0.25) is 0 Å². The van der Waals surface area contributed by atoms with Crippen LogP contribution in [0.25, 0.3) is 0 Å². The molecular weight excluding hydrogens is 352 g/mol. The molecule has 3 rings (SSSR count). The van der Waals surface area contributed by atoms with Gasteiger partial charge in [0.2, 0.25) is 5.91 Å². The maximum Gasteiger partial charge on any atom is 0.281 e. The third kappa shape index (κ3) is 5.11. The molecule has 0 spiro atoms. The van der Waals surface area contributed by atoms with Gasteiger partial charge in [0.05, 0.1) is 12.2 Å². The number of amides is 2. The third-order valence-corrected chi connectivity index (χ3v) is 5.39. The molecule has 2 amide bonds. The van der Waals surface area contributed by atoms with E-state index < -0.39 is 0 Å². The average molecular weight is 378 g/mol. The standard InChI is InChI=1S/C18H26N4O3S/c1-13-11-22(12-14(2)25-13)16-4-3-15(9-19-16)10-20-17(23)5-6-21-7-8-26-18(21)24/h3-4,9,13-14H,5-8,10-12H2,1-2H3,(H,20,23)/t13-,14+. The molecule has 0 unspecified atom stereocenters. The smallest absolute Gasteiger partial charge is 0.281 e. The minimum Gasteiger partial charge on any atom is -0.372 e. The minimum absolute atomic E-state index is 0.0467. The molecule has 8 heteroatoms. The normalized spacial score (nSPS) is 23.4. The molecule has 0 aromatic carbocycles. The number of ether oxygens (including phenoxy) is 1. The number of thioether (sulfide) groups is 1. The lowest BCUT2D eigenvalue weighted by atomic mass is 10.2. The Morgan fingerprint density at radius 2 is 2.12 bits per heavy atom. The molecule has 7 nitrogen and oxygen atoms in total. The summed E-state index contributed by atoms with van der Waals surface area (Å²) in [5.41, 5.74) is 0.962. The molecule has 0 bridgehead atoms. The number of carbonyl (C=O) groups excluding carboxylic acids is 2. The van der Waals surface area contributed by atoms with Crippen molar-refractivity contribution in [1.29, 1.82) is 0 Å². The van der Waals surface area contributed by atoms with Crippen LogP contribution in [-0.2, 0) is 16.1 Å². The van der Waals surface area contributed by atoms with E-state index in [0.29, 0.717) is 19.5 Å². The van der Waals surface area contributed by atoms with Crippen LogP contribution in [0.1, 0.15) is 25.8 Å². The number of nitrogens with zero attached hydrogens (tertiary/aromatic N) is 3. The van der Waals surface area contributed by atoms with Crippen molar-refractivity contribution in [3.63, 3.8) is 0 Å². The number of aromatic nitrogens is 1. The topological polar surface area (TPSA) is 74.8 Å². The summed E-state index contributed by atoms with van der Waals surface area (Å²) in [6.45, 7) is 7.48. The van der Waals surface area contributed by atoms with Crippen molar-refractivity contribution >= 4 is 28.7 Å². The molecule has 0 saturated carbocycles. The van der Waals surface area contributed by atoms with Crippen LogP contribution in [0.5, 0.6) is 0 Å². The Balaban J connectivity index is 1.44. The molecular formula is C18H26N4O3S. The van der Waals surface area contributed by atoms with Gasteiger partial charge in [0.1, 0.15) is 5.82 Å². The maximum atomic E-state index is 12.0. The van der Waals surface area contributed by atoms with Crippen molar-refractivity contribution in [2.24, 2.45) is 0 Å². The Morgan fingerprint density at radius 1 is 1.35 bits per heavy atom. The van der Waals surface area contributed by atoms with Gasteiger partial charge in [-0.1, -0.05) is 17.8 Å². The predicted molar refractivity (Wildman–Crippen MR) is 102 cm³/mol. The number of rotatable bonds is 6. The molecule has 2 aliphatic rings. The summed E-state index contributed by atoms with van der Waals surface area (Å²) < 4.78 is 5.75. The van der Waals surface area contributed by atoms with E-state index >= 15 is 0 Å². The molecule has 3 heterocycles. The molecule has 2 atom stereocenters. The summed E-state index contributed by atoms with van der Waals surface area (Å²) in [5, 5.41) is 2.97. The van der Waals surface area contributed by atoms with Gasteiger partial charge < -0.3 is 19.9 Å². The summed E-state index contributed by atoms with van der Waals surface area (Å²) in [4.78, 5) is 32.0. The first-order valence-electron chi connectivity index (χ1n) is 9.05. The van der Waals surface area contributed by atoms with Crippen LogP contribution in [0.3, 0.4) is 0 Å². The van der Waals surface area contributed by atoms with Crippen LogP contribution in [0.15, 0.2) is 18.3 Å². The summed E-state index contributed by atoms with van der Waals surface area (Å²) >= 11 is 1.32. The van der Waals surface area contributed by atoms with Crippen LogP contribution >= 0.6 is 11.8 Å². The Hall–Kier alpha value is -1.80. The molecule has 1 aromatic heterocycles. The Bertz CT molecular complexity index is 630. The van der Waals surface area contributed by atoms with Crippen molar-refractivity contribution in [3.05, 3.63) is 23.9 Å². The molecule has 2 aliphatic heterocycles. The zero-order valence-corrected chi connectivity index (χ0v) is 16.1. The number of carbonyl (C=O) groups is 2. The Labute approximate surface area is 158 Å². The maximum absolute atomic E-state index is 12.0. The van der Waals surface area contributed by atoms with E-state index in [1.165, 1.54) is 11.8 Å². The van der Waals surface area contributed by atoms with Gasteiger partial charge in [-0.25, -0.2) is 4.98 Å². The van der Waals surface area contributed by atoms with Gasteiger partial charge in [0.15, 0.2) is 0 Å². The zero-order valence-electron chi connectivity index (χ0n) is 15.3. The number of pyridine rings is 1. The second-order valence-electron chi connectivity index (χ2n) is 6.82. The van der Waals surface area contributed by atoms with Crippen LogP contribution in [-0.4, -0.2) is 65.2 Å². The largest absolute Gasteiger partial charge is 0.372 e. The van der Waals surface area contributed by atoms with E-state index in [2.05, 4.69) is 29.0 Å². The van der Waals surface area contributed by atoms with Gasteiger partial charge >= 0.3 is 0 Å². The zero-order chi connectivity index (χ0) is 18.5. The molecule has 2 saturated heterocycles. The van der Waals surface area contributed by atoms with Crippen molar-refractivity contribution in [3.8, 4) is 0 Å². The molecule has 1 aromatic rings. The minimum atomic E-state index is -0.0467. The molecule has 0 radical (unpaired) electrons. The number of hydrogen-bond donors (Lipinski definition) is 1. The van der Waals surface area contributed by atoms with Gasteiger partial charge in [-0.15, -0.1) is 0 Å². The lowest BCUT2D eigenvalue weighted by Gasteiger charge is -2.36. The van der Waals surface area contributed by atoms with Crippen molar-refractivity contribution in [1.82, 2.24) is 15.2 Å². The fraction of sp³-hybridized carbons (Fsp3) is 0.611. The first-order chi connectivity index (χ1) is 12.5. The molecule has 2 fully saturated rings. The van der Waals surface area contributed by atoms with Gasteiger partial charge in [-0.05, 0) is 25.5 Å². The van der Waals surface area contributed by atoms with Gasteiger partial charge in [0.25, 0.3) is 5.24 Å². The first-order valence-corrected chi connectivity index (χ1v) is 10.0. The number of nitrogens with one attached hydrogen (secondary N) is 1. The van der Waals surface area contributed by atoms with Crippen LogP contribution in [0.4, 0.5) is 10.6 Å². The number of morpholine rings is 1. The van der Waals surface area contributed by atoms with Gasteiger partial charge in [-0.3, -0.25) is 9.59 Å². The summed E-state index contributed by atoms with van der Waals surface area (Å²) in [6, 6.07) is 3.99. The Morgan fingerprint density at radius 3 is 2.73 bits per heavy atom. The number of hydrogen-bond acceptors (Lipinski definition) is 6. The van der Waals surface area contributed by atoms with Gasteiger partial charge in [0, 0.05) is 51.1 Å². The van der Waals surface area contributed by atoms with Crippen molar-refractivity contribution < 1.29 is 14.3 Å². The first kappa shape index (κ1) is 19.0. The van der Waals surface area contributed by atoms with E-state index in [4.69, 9.17) is 4.74 Å². The van der Waals surface area contributed by atoms with E-state index in [1.54, 1.807) is 11.1 Å². The highest BCUT2D eigenvalue weighted by Gasteiger charge is 2.23. The van der Waals surface area contributed by atoms with E-state index in [0.717, 1.165) is 36.8 Å². The lowest BCUT2D eigenvalue weighted by molar-refractivity contribution is -0.121. The average Bonchev–Trinajstić information content (AvgIpc) is 3.03. The fourth-order valence-corrected chi connectivity index (χ4v) is 4.08. The summed E-state index contributed by atoms with van der Waals surface area (Å²) in [5.74, 6) is 1.71. The molecule has 0 aliphatic carbocycles. The second kappa shape index (κ2) is 8.73. The SMILES string of the molecule is C[C@@H]1CN(c2ccc(CNC(=O)CCN3CCSC3=O)cn2)C[C@H](C)O1. The predicted octanol–water partition coefficient (Wildman–Crippen LogP) is 1.87. The summed E-state index contributed by atoms with van der Waals surface area (Å²) in [7, 11) is 0. The highest BCUT2D eigenvalue weighted by Crippen LogP contribution is 2.19. The van der Waals surface area contributed by atoms with E-state index in [1.807, 2.05) is 12.1 Å². The molecule has 1 N–H and O–H groups in total. The highest BCUT2D eigenvalue weighted by atomic mass is 32.2. The van der Waals surface area contributed by atoms with Crippen molar-refractivity contribution in [2.75, 3.05) is 36.8 Å². The molecule has 26 heavy (non-hydrogen) atoms. The van der Waals surface area contributed by atoms with Crippen molar-refractivity contribution in [2.45, 2.75) is 39.0 Å². The van der Waals surface area contributed by atoms with Crippen LogP contribution < -0.4 is 10.2 Å². The lowest BCUT2D eigenvalue weighted by Crippen LogP contribution is -2.45.